The molecule has 1 aromatic heterocycles. The molecule has 0 saturated carbocycles. The van der Waals surface area contributed by atoms with E-state index in [1.54, 1.807) is 23.9 Å². The van der Waals surface area contributed by atoms with Crippen LogP contribution < -0.4 is 15.0 Å². The SMILES string of the molecule is COC(=O)c1cc(-c2ccc(OC)cc2)c[n+](CC(N)=O)c1. The van der Waals surface area contributed by atoms with Gasteiger partial charge >= 0.3 is 5.97 Å². The lowest BCUT2D eigenvalue weighted by atomic mass is 10.1. The summed E-state index contributed by atoms with van der Waals surface area (Å²) in [4.78, 5) is 22.9. The third-order valence-corrected chi connectivity index (χ3v) is 3.10. The van der Waals surface area contributed by atoms with Gasteiger partial charge in [0.1, 0.15) is 11.3 Å². The number of hydrogen-bond acceptors (Lipinski definition) is 4. The molecule has 1 aromatic carbocycles. The lowest BCUT2D eigenvalue weighted by molar-refractivity contribution is -0.683. The van der Waals surface area contributed by atoms with Crippen LogP contribution in [0.4, 0.5) is 0 Å². The molecule has 6 nitrogen and oxygen atoms in total. The van der Waals surface area contributed by atoms with Crippen molar-refractivity contribution in [1.82, 2.24) is 0 Å². The molecular formula is C16H17N2O4+. The fourth-order valence-electron chi connectivity index (χ4n) is 2.08. The van der Waals surface area contributed by atoms with Crippen molar-refractivity contribution >= 4 is 11.9 Å². The van der Waals surface area contributed by atoms with Gasteiger partial charge in [-0.3, -0.25) is 4.79 Å². The smallest absolute Gasteiger partial charge is 0.343 e. The predicted molar refractivity (Wildman–Crippen MR) is 79.2 cm³/mol. The molecule has 22 heavy (non-hydrogen) atoms. The molecular weight excluding hydrogens is 284 g/mol. The van der Waals surface area contributed by atoms with Gasteiger partial charge < -0.3 is 15.2 Å². The number of methoxy groups -OCH3 is 2. The molecule has 1 amide bonds. The Bertz CT molecular complexity index is 696. The molecule has 0 saturated heterocycles. The third kappa shape index (κ3) is 3.60. The minimum absolute atomic E-state index is 0.0199. The van der Waals surface area contributed by atoms with Crippen molar-refractivity contribution in [3.63, 3.8) is 0 Å². The van der Waals surface area contributed by atoms with E-state index in [1.165, 1.54) is 13.3 Å². The monoisotopic (exact) mass is 301 g/mol. The minimum Gasteiger partial charge on any atom is -0.497 e. The van der Waals surface area contributed by atoms with Crippen LogP contribution in [0.15, 0.2) is 42.7 Å². The topological polar surface area (TPSA) is 82.5 Å². The van der Waals surface area contributed by atoms with Gasteiger partial charge in [-0.25, -0.2) is 4.79 Å². The van der Waals surface area contributed by atoms with Gasteiger partial charge in [-0.1, -0.05) is 12.1 Å². The van der Waals surface area contributed by atoms with E-state index in [-0.39, 0.29) is 6.54 Å². The molecule has 2 rings (SSSR count). The average Bonchev–Trinajstić information content (AvgIpc) is 2.53. The molecule has 114 valence electrons. The number of hydrogen-bond donors (Lipinski definition) is 1. The first-order valence-electron chi connectivity index (χ1n) is 6.58. The van der Waals surface area contributed by atoms with E-state index in [4.69, 9.17) is 15.2 Å². The van der Waals surface area contributed by atoms with Gasteiger partial charge in [0.15, 0.2) is 12.4 Å². The first-order valence-corrected chi connectivity index (χ1v) is 6.58. The zero-order valence-corrected chi connectivity index (χ0v) is 12.4. The highest BCUT2D eigenvalue weighted by Crippen LogP contribution is 2.22. The lowest BCUT2D eigenvalue weighted by Crippen LogP contribution is -2.41. The normalized spacial score (nSPS) is 10.1. The van der Waals surface area contributed by atoms with E-state index in [0.717, 1.165) is 16.9 Å². The highest BCUT2D eigenvalue weighted by Gasteiger charge is 2.16. The molecule has 0 radical (unpaired) electrons. The molecule has 0 bridgehead atoms. The van der Waals surface area contributed by atoms with Crippen LogP contribution in [-0.2, 0) is 16.1 Å². The molecule has 0 spiro atoms. The number of amides is 1. The van der Waals surface area contributed by atoms with Gasteiger partial charge in [-0.05, 0) is 23.8 Å². The maximum Gasteiger partial charge on any atom is 0.343 e. The van der Waals surface area contributed by atoms with Gasteiger partial charge in [-0.2, -0.15) is 4.57 Å². The molecule has 0 fully saturated rings. The van der Waals surface area contributed by atoms with Crippen molar-refractivity contribution in [2.45, 2.75) is 6.54 Å². The van der Waals surface area contributed by atoms with Gasteiger partial charge in [0.05, 0.1) is 14.2 Å². The van der Waals surface area contributed by atoms with Crippen LogP contribution in [0, 0.1) is 0 Å². The number of nitrogens with two attached hydrogens (primary N) is 1. The first-order chi connectivity index (χ1) is 10.5. The number of carbonyl (C=O) groups excluding carboxylic acids is 2. The number of carbonyl (C=O) groups is 2. The van der Waals surface area contributed by atoms with Crippen LogP contribution in [0.2, 0.25) is 0 Å². The number of nitrogens with zero attached hydrogens (tertiary/aromatic N) is 1. The van der Waals surface area contributed by atoms with Gasteiger partial charge in [0, 0.05) is 5.56 Å². The summed E-state index contributed by atoms with van der Waals surface area (Å²) in [5.41, 5.74) is 7.21. The van der Waals surface area contributed by atoms with Gasteiger partial charge in [0.25, 0.3) is 5.91 Å². The van der Waals surface area contributed by atoms with E-state index in [2.05, 4.69) is 0 Å². The van der Waals surface area contributed by atoms with E-state index in [0.29, 0.717) is 5.56 Å². The summed E-state index contributed by atoms with van der Waals surface area (Å²) in [6.07, 6.45) is 3.28. The van der Waals surface area contributed by atoms with Crippen molar-refractivity contribution in [1.29, 1.82) is 0 Å². The Morgan fingerprint density at radius 2 is 1.77 bits per heavy atom. The fourth-order valence-corrected chi connectivity index (χ4v) is 2.08. The molecule has 0 aliphatic heterocycles. The zero-order valence-electron chi connectivity index (χ0n) is 12.4. The second-order valence-corrected chi connectivity index (χ2v) is 4.67. The maximum absolute atomic E-state index is 11.8. The summed E-state index contributed by atoms with van der Waals surface area (Å²) in [7, 11) is 2.90. The Balaban J connectivity index is 2.47. The number of ether oxygens (including phenoxy) is 2. The van der Waals surface area contributed by atoms with Crippen molar-refractivity contribution in [3.8, 4) is 16.9 Å². The second kappa shape index (κ2) is 6.71. The Labute approximate surface area is 128 Å². The van der Waals surface area contributed by atoms with Crippen molar-refractivity contribution < 1.29 is 23.6 Å². The van der Waals surface area contributed by atoms with Gasteiger partial charge in [-0.15, -0.1) is 0 Å². The van der Waals surface area contributed by atoms with Crippen LogP contribution >= 0.6 is 0 Å². The number of primary amides is 1. The summed E-state index contributed by atoms with van der Waals surface area (Å²) in [5.74, 6) is -0.237. The average molecular weight is 301 g/mol. The van der Waals surface area contributed by atoms with E-state index < -0.39 is 11.9 Å². The predicted octanol–water partition coefficient (Wildman–Crippen LogP) is 0.922. The van der Waals surface area contributed by atoms with Crippen LogP contribution in [-0.4, -0.2) is 26.1 Å². The van der Waals surface area contributed by atoms with E-state index in [9.17, 15) is 9.59 Å². The Hall–Kier alpha value is -2.89. The van der Waals surface area contributed by atoms with E-state index >= 15 is 0 Å². The largest absolute Gasteiger partial charge is 0.497 e. The first kappa shape index (κ1) is 15.5. The van der Waals surface area contributed by atoms with Crippen molar-refractivity contribution in [2.24, 2.45) is 5.73 Å². The van der Waals surface area contributed by atoms with Crippen LogP contribution in [0.5, 0.6) is 5.75 Å². The van der Waals surface area contributed by atoms with Crippen LogP contribution in [0.1, 0.15) is 10.4 Å². The number of aromatic nitrogens is 1. The molecule has 0 unspecified atom stereocenters. The Morgan fingerprint density at radius 3 is 2.32 bits per heavy atom. The number of benzene rings is 1. The molecule has 2 N–H and O–H groups in total. The van der Waals surface area contributed by atoms with E-state index in [1.807, 2.05) is 24.3 Å². The summed E-state index contributed by atoms with van der Waals surface area (Å²) in [5, 5.41) is 0. The van der Waals surface area contributed by atoms with Gasteiger partial charge in [0.2, 0.25) is 6.54 Å². The lowest BCUT2D eigenvalue weighted by Gasteiger charge is -2.05. The molecule has 0 aliphatic carbocycles. The molecule has 0 atom stereocenters. The summed E-state index contributed by atoms with van der Waals surface area (Å²) >= 11 is 0. The maximum atomic E-state index is 11.8. The fraction of sp³-hybridized carbons (Fsp3) is 0.188. The summed E-state index contributed by atoms with van der Waals surface area (Å²) < 4.78 is 11.4. The molecule has 6 heteroatoms. The zero-order chi connectivity index (χ0) is 16.1. The summed E-state index contributed by atoms with van der Waals surface area (Å²) in [6.45, 7) is -0.0199. The minimum atomic E-state index is -0.493. The van der Waals surface area contributed by atoms with Crippen LogP contribution in [0.3, 0.4) is 0 Å². The number of rotatable bonds is 5. The number of pyridine rings is 1. The van der Waals surface area contributed by atoms with Crippen molar-refractivity contribution in [2.75, 3.05) is 14.2 Å². The standard InChI is InChI=1S/C16H16N2O4/c1-21-14-5-3-11(4-6-14)12-7-13(16(20)22-2)9-18(8-12)10-15(17)19/h3-9H,10H2,1-2H3,(H-,17,19)/p+1. The van der Waals surface area contributed by atoms with Crippen molar-refractivity contribution in [3.05, 3.63) is 48.3 Å². The highest BCUT2D eigenvalue weighted by atomic mass is 16.5. The van der Waals surface area contributed by atoms with Crippen LogP contribution in [0.25, 0.3) is 11.1 Å². The Kier molecular flexibility index (Phi) is 4.73. The molecule has 2 aromatic rings. The highest BCUT2D eigenvalue weighted by molar-refractivity contribution is 5.90. The quantitative estimate of drug-likeness (QED) is 0.657. The second-order valence-electron chi connectivity index (χ2n) is 4.67. The Morgan fingerprint density at radius 1 is 1.09 bits per heavy atom. The molecule has 0 aliphatic rings. The summed E-state index contributed by atoms with van der Waals surface area (Å²) in [6, 6.07) is 9.07. The third-order valence-electron chi connectivity index (χ3n) is 3.10. The number of esters is 1. The molecule has 1 heterocycles.